The van der Waals surface area contributed by atoms with Gasteiger partial charge in [0.2, 0.25) is 0 Å². The molecule has 2 aromatic heterocycles. The van der Waals surface area contributed by atoms with Gasteiger partial charge in [-0.2, -0.15) is 0 Å². The predicted octanol–water partition coefficient (Wildman–Crippen LogP) is 3.48. The highest BCUT2D eigenvalue weighted by atomic mass is 79.9. The van der Waals surface area contributed by atoms with E-state index in [1.165, 1.54) is 11.3 Å². The fraction of sp³-hybridized carbons (Fsp3) is 0.273. The Bertz CT molecular complexity index is 559. The third-order valence-corrected chi connectivity index (χ3v) is 5.35. The van der Waals surface area contributed by atoms with E-state index in [1.54, 1.807) is 11.3 Å². The molecule has 3 rings (SSSR count). The number of thiazole rings is 1. The molecule has 0 aliphatic carbocycles. The van der Waals surface area contributed by atoms with Gasteiger partial charge in [-0.05, 0) is 28.4 Å². The van der Waals surface area contributed by atoms with E-state index in [0.29, 0.717) is 5.69 Å². The van der Waals surface area contributed by atoms with Crippen molar-refractivity contribution in [1.82, 2.24) is 9.88 Å². The lowest BCUT2D eigenvalue weighted by atomic mass is 10.2. The van der Waals surface area contributed by atoms with E-state index in [2.05, 4.69) is 20.9 Å². The molecule has 1 fully saturated rings. The SMILES string of the molecule is O=C(c1csc(-c2cc(Br)cs2)n1)N1CCC1. The molecule has 2 aromatic rings. The molecule has 0 bridgehead atoms. The van der Waals surface area contributed by atoms with Gasteiger partial charge in [0, 0.05) is 28.3 Å². The van der Waals surface area contributed by atoms with Crippen molar-refractivity contribution in [3.63, 3.8) is 0 Å². The monoisotopic (exact) mass is 328 g/mol. The van der Waals surface area contributed by atoms with Crippen LogP contribution in [-0.4, -0.2) is 28.9 Å². The Kier molecular flexibility index (Phi) is 3.02. The summed E-state index contributed by atoms with van der Waals surface area (Å²) in [6.45, 7) is 1.74. The van der Waals surface area contributed by atoms with Crippen LogP contribution >= 0.6 is 38.6 Å². The van der Waals surface area contributed by atoms with Crippen LogP contribution in [0.5, 0.6) is 0 Å². The van der Waals surface area contributed by atoms with Gasteiger partial charge in [-0.1, -0.05) is 0 Å². The van der Waals surface area contributed by atoms with Crippen molar-refractivity contribution in [2.75, 3.05) is 13.1 Å². The average Bonchev–Trinajstić information content (AvgIpc) is 2.82. The van der Waals surface area contributed by atoms with Gasteiger partial charge in [-0.25, -0.2) is 4.98 Å². The van der Waals surface area contributed by atoms with Crippen molar-refractivity contribution in [1.29, 1.82) is 0 Å². The summed E-state index contributed by atoms with van der Waals surface area (Å²) >= 11 is 6.58. The van der Waals surface area contributed by atoms with E-state index in [0.717, 1.165) is 33.9 Å². The number of amides is 1. The van der Waals surface area contributed by atoms with Gasteiger partial charge < -0.3 is 4.90 Å². The lowest BCUT2D eigenvalue weighted by Gasteiger charge is -2.29. The van der Waals surface area contributed by atoms with Crippen LogP contribution in [-0.2, 0) is 0 Å². The van der Waals surface area contributed by atoms with E-state index in [-0.39, 0.29) is 5.91 Å². The first-order valence-corrected chi connectivity index (χ1v) is 7.78. The molecular formula is C11H9BrN2OS2. The summed E-state index contributed by atoms with van der Waals surface area (Å²) in [4.78, 5) is 19.3. The number of carbonyl (C=O) groups excluding carboxylic acids is 1. The molecule has 6 heteroatoms. The molecule has 0 aromatic carbocycles. The Hall–Kier alpha value is -0.720. The van der Waals surface area contributed by atoms with Gasteiger partial charge in [0.25, 0.3) is 5.91 Å². The number of halogens is 1. The normalized spacial score (nSPS) is 14.8. The number of nitrogens with zero attached hydrogens (tertiary/aromatic N) is 2. The molecule has 0 saturated carbocycles. The topological polar surface area (TPSA) is 33.2 Å². The van der Waals surface area contributed by atoms with Crippen molar-refractivity contribution in [2.24, 2.45) is 0 Å². The standard InChI is InChI=1S/C11H9BrN2OS2/c12-7-4-9(16-5-7)10-13-8(6-17-10)11(15)14-2-1-3-14/h4-6H,1-3H2. The third-order valence-electron chi connectivity index (χ3n) is 2.64. The molecule has 0 radical (unpaired) electrons. The van der Waals surface area contributed by atoms with Crippen LogP contribution in [0, 0.1) is 0 Å². The fourth-order valence-electron chi connectivity index (χ4n) is 1.59. The summed E-state index contributed by atoms with van der Waals surface area (Å²) in [7, 11) is 0. The summed E-state index contributed by atoms with van der Waals surface area (Å²) in [5.74, 6) is 0.0642. The number of carbonyl (C=O) groups is 1. The number of likely N-dealkylation sites (tertiary alicyclic amines) is 1. The zero-order valence-corrected chi connectivity index (χ0v) is 12.1. The molecule has 0 spiro atoms. The Balaban J connectivity index is 1.84. The van der Waals surface area contributed by atoms with Crippen LogP contribution in [0.4, 0.5) is 0 Å². The highest BCUT2D eigenvalue weighted by Crippen LogP contribution is 2.32. The summed E-state index contributed by atoms with van der Waals surface area (Å²) in [6.07, 6.45) is 1.11. The Morgan fingerprint density at radius 2 is 2.18 bits per heavy atom. The molecule has 3 nitrogen and oxygen atoms in total. The lowest BCUT2D eigenvalue weighted by molar-refractivity contribution is 0.0646. The zero-order valence-electron chi connectivity index (χ0n) is 8.85. The Morgan fingerprint density at radius 3 is 2.76 bits per heavy atom. The molecule has 0 atom stereocenters. The molecule has 0 unspecified atom stereocenters. The van der Waals surface area contributed by atoms with Crippen molar-refractivity contribution in [3.05, 3.63) is 27.0 Å². The summed E-state index contributed by atoms with van der Waals surface area (Å²) in [6, 6.07) is 2.03. The molecule has 0 N–H and O–H groups in total. The number of hydrogen-bond acceptors (Lipinski definition) is 4. The average molecular weight is 329 g/mol. The minimum atomic E-state index is 0.0642. The second-order valence-corrected chi connectivity index (χ2v) is 6.50. The lowest BCUT2D eigenvalue weighted by Crippen LogP contribution is -2.42. The van der Waals surface area contributed by atoms with Crippen LogP contribution in [0.15, 0.2) is 21.3 Å². The minimum Gasteiger partial charge on any atom is -0.337 e. The quantitative estimate of drug-likeness (QED) is 0.845. The maximum absolute atomic E-state index is 11.9. The molecule has 1 saturated heterocycles. The third kappa shape index (κ3) is 2.17. The first-order chi connectivity index (χ1) is 8.24. The minimum absolute atomic E-state index is 0.0642. The van der Waals surface area contributed by atoms with Crippen LogP contribution in [0.1, 0.15) is 16.9 Å². The smallest absolute Gasteiger partial charge is 0.273 e. The van der Waals surface area contributed by atoms with Gasteiger partial charge >= 0.3 is 0 Å². The highest BCUT2D eigenvalue weighted by Gasteiger charge is 2.23. The zero-order chi connectivity index (χ0) is 11.8. The van der Waals surface area contributed by atoms with Gasteiger partial charge in [0.1, 0.15) is 10.7 Å². The molecule has 1 aliphatic heterocycles. The molecule has 1 amide bonds. The maximum Gasteiger partial charge on any atom is 0.273 e. The van der Waals surface area contributed by atoms with Crippen LogP contribution in [0.3, 0.4) is 0 Å². The second kappa shape index (κ2) is 4.51. The Morgan fingerprint density at radius 1 is 1.35 bits per heavy atom. The first-order valence-electron chi connectivity index (χ1n) is 5.23. The van der Waals surface area contributed by atoms with Crippen molar-refractivity contribution < 1.29 is 4.79 Å². The van der Waals surface area contributed by atoms with Crippen LogP contribution < -0.4 is 0 Å². The first kappa shape index (κ1) is 11.4. The van der Waals surface area contributed by atoms with Crippen molar-refractivity contribution >= 4 is 44.5 Å². The highest BCUT2D eigenvalue weighted by molar-refractivity contribution is 9.10. The maximum atomic E-state index is 11.9. The molecule has 3 heterocycles. The number of thiophene rings is 1. The van der Waals surface area contributed by atoms with Crippen molar-refractivity contribution in [2.45, 2.75) is 6.42 Å². The largest absolute Gasteiger partial charge is 0.337 e. The van der Waals surface area contributed by atoms with E-state index >= 15 is 0 Å². The van der Waals surface area contributed by atoms with E-state index in [1.807, 2.05) is 21.7 Å². The van der Waals surface area contributed by atoms with E-state index in [9.17, 15) is 4.79 Å². The van der Waals surface area contributed by atoms with E-state index < -0.39 is 0 Å². The summed E-state index contributed by atoms with van der Waals surface area (Å²) < 4.78 is 1.06. The number of rotatable bonds is 2. The molecular weight excluding hydrogens is 320 g/mol. The van der Waals surface area contributed by atoms with Crippen LogP contribution in [0.25, 0.3) is 9.88 Å². The summed E-state index contributed by atoms with van der Waals surface area (Å²) in [5.41, 5.74) is 0.578. The molecule has 1 aliphatic rings. The predicted molar refractivity (Wildman–Crippen MR) is 73.6 cm³/mol. The van der Waals surface area contributed by atoms with E-state index in [4.69, 9.17) is 0 Å². The Labute approximate surface area is 115 Å². The molecule has 17 heavy (non-hydrogen) atoms. The second-order valence-electron chi connectivity index (χ2n) is 3.81. The van der Waals surface area contributed by atoms with Gasteiger partial charge in [-0.15, -0.1) is 22.7 Å². The van der Waals surface area contributed by atoms with Gasteiger partial charge in [0.05, 0.1) is 4.88 Å². The number of hydrogen-bond donors (Lipinski definition) is 0. The summed E-state index contributed by atoms with van der Waals surface area (Å²) in [5, 5.41) is 4.79. The fourth-order valence-corrected chi connectivity index (χ4v) is 3.89. The van der Waals surface area contributed by atoms with Gasteiger partial charge in [0.15, 0.2) is 0 Å². The van der Waals surface area contributed by atoms with Gasteiger partial charge in [-0.3, -0.25) is 4.79 Å². The van der Waals surface area contributed by atoms with Crippen LogP contribution in [0.2, 0.25) is 0 Å². The molecule has 88 valence electrons. The number of aromatic nitrogens is 1. The van der Waals surface area contributed by atoms with Crippen molar-refractivity contribution in [3.8, 4) is 9.88 Å².